The van der Waals surface area contributed by atoms with E-state index in [9.17, 15) is 0 Å². The average molecular weight is 463 g/mol. The molecule has 3 unspecified atom stereocenters. The Morgan fingerprint density at radius 2 is 1.96 bits per heavy atom. The van der Waals surface area contributed by atoms with Crippen LogP contribution < -0.4 is 10.6 Å². The van der Waals surface area contributed by atoms with Gasteiger partial charge in [0.2, 0.25) is 0 Å². The van der Waals surface area contributed by atoms with E-state index in [4.69, 9.17) is 4.99 Å². The van der Waals surface area contributed by atoms with Gasteiger partial charge in [0.1, 0.15) is 0 Å². The molecular weight excluding hydrogens is 425 g/mol. The number of likely N-dealkylation sites (N-methyl/N-ethyl adjacent to an activating group) is 1. The fraction of sp³-hybridized carbons (Fsp3) is 0.947. The van der Waals surface area contributed by atoms with Crippen LogP contribution in [-0.4, -0.2) is 72.7 Å². The minimum atomic E-state index is 0. The maximum Gasteiger partial charge on any atom is 0.191 e. The van der Waals surface area contributed by atoms with Crippen LogP contribution >= 0.6 is 24.0 Å². The molecule has 0 aromatic heterocycles. The normalized spacial score (nSPS) is 31.6. The number of nitrogens with zero attached hydrogens (tertiary/aromatic N) is 3. The molecule has 146 valence electrons. The molecule has 0 aromatic carbocycles. The quantitative estimate of drug-likeness (QED) is 0.361. The molecule has 1 aliphatic carbocycles. The van der Waals surface area contributed by atoms with Gasteiger partial charge in [0, 0.05) is 37.3 Å². The van der Waals surface area contributed by atoms with Crippen LogP contribution in [0.15, 0.2) is 4.99 Å². The molecule has 0 aromatic rings. The third kappa shape index (κ3) is 5.96. The van der Waals surface area contributed by atoms with Gasteiger partial charge in [-0.2, -0.15) is 0 Å². The second-order valence-corrected chi connectivity index (χ2v) is 7.85. The lowest BCUT2D eigenvalue weighted by atomic mass is 10.0. The average Bonchev–Trinajstić information content (AvgIpc) is 3.36. The highest BCUT2D eigenvalue weighted by molar-refractivity contribution is 14.0. The van der Waals surface area contributed by atoms with Crippen LogP contribution in [0.25, 0.3) is 0 Å². The van der Waals surface area contributed by atoms with Crippen LogP contribution in [0.2, 0.25) is 0 Å². The number of piperidine rings is 1. The van der Waals surface area contributed by atoms with Crippen molar-refractivity contribution in [2.75, 3.05) is 32.7 Å². The zero-order valence-electron chi connectivity index (χ0n) is 16.3. The molecule has 0 spiro atoms. The number of nitrogens with one attached hydrogen (secondary N) is 2. The largest absolute Gasteiger partial charge is 0.357 e. The van der Waals surface area contributed by atoms with Gasteiger partial charge in [-0.25, -0.2) is 0 Å². The van der Waals surface area contributed by atoms with Gasteiger partial charge in [0.05, 0.1) is 6.54 Å². The summed E-state index contributed by atoms with van der Waals surface area (Å²) >= 11 is 0. The maximum absolute atomic E-state index is 4.94. The van der Waals surface area contributed by atoms with Crippen molar-refractivity contribution in [1.82, 2.24) is 20.4 Å². The summed E-state index contributed by atoms with van der Waals surface area (Å²) in [4.78, 5) is 10.2. The summed E-state index contributed by atoms with van der Waals surface area (Å²) in [6.07, 6.45) is 8.05. The van der Waals surface area contributed by atoms with Crippen molar-refractivity contribution in [2.45, 2.75) is 83.5 Å². The molecule has 2 heterocycles. The van der Waals surface area contributed by atoms with Crippen LogP contribution in [0.5, 0.6) is 0 Å². The Kier molecular flexibility index (Phi) is 8.75. The minimum Gasteiger partial charge on any atom is -0.357 e. The van der Waals surface area contributed by atoms with E-state index in [-0.39, 0.29) is 24.0 Å². The van der Waals surface area contributed by atoms with Crippen molar-refractivity contribution in [2.24, 2.45) is 4.99 Å². The second-order valence-electron chi connectivity index (χ2n) is 7.85. The van der Waals surface area contributed by atoms with E-state index in [1.807, 2.05) is 0 Å². The summed E-state index contributed by atoms with van der Waals surface area (Å²) < 4.78 is 0. The monoisotopic (exact) mass is 463 g/mol. The van der Waals surface area contributed by atoms with Gasteiger partial charge in [-0.1, -0.05) is 13.3 Å². The van der Waals surface area contributed by atoms with Crippen LogP contribution in [0.1, 0.15) is 59.3 Å². The van der Waals surface area contributed by atoms with Gasteiger partial charge in [0.15, 0.2) is 5.96 Å². The first kappa shape index (κ1) is 21.2. The van der Waals surface area contributed by atoms with E-state index in [2.05, 4.69) is 41.2 Å². The summed E-state index contributed by atoms with van der Waals surface area (Å²) in [6, 6.07) is 2.76. The predicted octanol–water partition coefficient (Wildman–Crippen LogP) is 2.66. The number of likely N-dealkylation sites (tertiary alicyclic amines) is 2. The molecule has 0 amide bonds. The number of hydrogen-bond donors (Lipinski definition) is 2. The topological polar surface area (TPSA) is 42.9 Å². The fourth-order valence-electron chi connectivity index (χ4n) is 4.47. The minimum absolute atomic E-state index is 0. The van der Waals surface area contributed by atoms with Gasteiger partial charge >= 0.3 is 0 Å². The third-order valence-electron chi connectivity index (χ3n) is 5.94. The van der Waals surface area contributed by atoms with Crippen LogP contribution in [0.4, 0.5) is 0 Å². The lowest BCUT2D eigenvalue weighted by Crippen LogP contribution is -2.46. The van der Waals surface area contributed by atoms with Gasteiger partial charge < -0.3 is 10.6 Å². The maximum atomic E-state index is 4.94. The van der Waals surface area contributed by atoms with E-state index >= 15 is 0 Å². The molecule has 3 aliphatic rings. The molecular formula is C19H38IN5. The van der Waals surface area contributed by atoms with Crippen LogP contribution in [0, 0.1) is 0 Å². The van der Waals surface area contributed by atoms with Crippen LogP contribution in [-0.2, 0) is 0 Å². The molecule has 3 fully saturated rings. The van der Waals surface area contributed by atoms with E-state index < -0.39 is 0 Å². The molecule has 2 saturated heterocycles. The lowest BCUT2D eigenvalue weighted by molar-refractivity contribution is 0.161. The van der Waals surface area contributed by atoms with E-state index in [1.54, 1.807) is 0 Å². The Labute approximate surface area is 171 Å². The zero-order chi connectivity index (χ0) is 16.9. The number of hydrogen-bond acceptors (Lipinski definition) is 3. The highest BCUT2D eigenvalue weighted by Crippen LogP contribution is 2.33. The van der Waals surface area contributed by atoms with Crippen molar-refractivity contribution >= 4 is 29.9 Å². The molecule has 3 atom stereocenters. The van der Waals surface area contributed by atoms with Crippen molar-refractivity contribution in [3.05, 3.63) is 0 Å². The Hall–Kier alpha value is -0.0800. The van der Waals surface area contributed by atoms with Gasteiger partial charge in [-0.05, 0) is 59.0 Å². The Morgan fingerprint density at radius 1 is 1.16 bits per heavy atom. The van der Waals surface area contributed by atoms with E-state index in [0.717, 1.165) is 31.6 Å². The number of halogens is 1. The molecule has 0 bridgehead atoms. The van der Waals surface area contributed by atoms with Crippen LogP contribution in [0.3, 0.4) is 0 Å². The third-order valence-corrected chi connectivity index (χ3v) is 5.94. The number of rotatable bonds is 6. The summed E-state index contributed by atoms with van der Waals surface area (Å²) in [7, 11) is 0. The Bertz CT molecular complexity index is 426. The van der Waals surface area contributed by atoms with Gasteiger partial charge in [-0.15, -0.1) is 24.0 Å². The fourth-order valence-corrected chi connectivity index (χ4v) is 4.47. The first-order valence-corrected chi connectivity index (χ1v) is 10.3. The Morgan fingerprint density at radius 3 is 2.64 bits per heavy atom. The summed E-state index contributed by atoms with van der Waals surface area (Å²) in [5.74, 6) is 1.02. The molecule has 2 aliphatic heterocycles. The molecule has 0 radical (unpaired) electrons. The number of aliphatic imine (C=N–C) groups is 1. The summed E-state index contributed by atoms with van der Waals surface area (Å²) in [6.45, 7) is 12.3. The molecule has 1 saturated carbocycles. The standard InChI is InChI=1S/C19H37N5.HI/c1-4-20-19(21-13-18-8-6-7-11-23(18)5-2)22-16-12-15(3)24(14-16)17-9-10-17;/h15-18H,4-14H2,1-3H3,(H2,20,21,22);1H. The first-order chi connectivity index (χ1) is 11.7. The number of guanidine groups is 1. The van der Waals surface area contributed by atoms with Crippen molar-refractivity contribution in [3.63, 3.8) is 0 Å². The molecule has 25 heavy (non-hydrogen) atoms. The highest BCUT2D eigenvalue weighted by Gasteiger charge is 2.38. The summed E-state index contributed by atoms with van der Waals surface area (Å²) in [5.41, 5.74) is 0. The van der Waals surface area contributed by atoms with E-state index in [0.29, 0.717) is 18.1 Å². The molecule has 3 rings (SSSR count). The van der Waals surface area contributed by atoms with Gasteiger partial charge in [0.25, 0.3) is 0 Å². The van der Waals surface area contributed by atoms with Gasteiger partial charge in [-0.3, -0.25) is 14.8 Å². The molecule has 2 N–H and O–H groups in total. The highest BCUT2D eigenvalue weighted by atomic mass is 127. The van der Waals surface area contributed by atoms with E-state index in [1.165, 1.54) is 51.6 Å². The predicted molar refractivity (Wildman–Crippen MR) is 117 cm³/mol. The van der Waals surface area contributed by atoms with Crippen molar-refractivity contribution in [1.29, 1.82) is 0 Å². The van der Waals surface area contributed by atoms with Crippen molar-refractivity contribution < 1.29 is 0 Å². The second kappa shape index (κ2) is 10.3. The molecule has 6 heteroatoms. The smallest absolute Gasteiger partial charge is 0.191 e. The Balaban J connectivity index is 0.00000225. The first-order valence-electron chi connectivity index (χ1n) is 10.3. The summed E-state index contributed by atoms with van der Waals surface area (Å²) in [5, 5.41) is 7.17. The van der Waals surface area contributed by atoms with Crippen molar-refractivity contribution in [3.8, 4) is 0 Å². The molecule has 5 nitrogen and oxygen atoms in total. The SMILES string of the molecule is CCNC(=NCC1CCCCN1CC)NC1CC(C)N(C2CC2)C1.I. The zero-order valence-corrected chi connectivity index (χ0v) is 18.7. The lowest BCUT2D eigenvalue weighted by Gasteiger charge is -2.34.